The van der Waals surface area contributed by atoms with Crippen molar-refractivity contribution in [2.45, 2.75) is 25.3 Å². The molecule has 1 aromatic heterocycles. The van der Waals surface area contributed by atoms with Crippen LogP contribution < -0.4 is 10.3 Å². The van der Waals surface area contributed by atoms with Gasteiger partial charge in [-0.05, 0) is 38.9 Å². The molecule has 138 valence electrons. The van der Waals surface area contributed by atoms with Gasteiger partial charge in [0, 0.05) is 43.3 Å². The molecule has 1 aliphatic heterocycles. The molecule has 2 aromatic rings. The Morgan fingerprint density at radius 2 is 1.85 bits per heavy atom. The van der Waals surface area contributed by atoms with Crippen LogP contribution in [0.15, 0.2) is 23.1 Å². The molecule has 1 N–H and O–H groups in total. The molecule has 7 heteroatoms. The molecule has 2 aliphatic rings. The smallest absolute Gasteiger partial charge is 0.341 e. The number of carbonyl (C=O) groups is 1. The fourth-order valence-corrected chi connectivity index (χ4v) is 3.64. The quantitative estimate of drug-likeness (QED) is 0.909. The molecular formula is C19H22FN3O3. The number of hydrogen-bond acceptors (Lipinski definition) is 4. The number of carboxylic acid groups (broad SMARTS) is 1. The van der Waals surface area contributed by atoms with Gasteiger partial charge in [-0.3, -0.25) is 4.79 Å². The first kappa shape index (κ1) is 17.0. The summed E-state index contributed by atoms with van der Waals surface area (Å²) in [5.41, 5.74) is -0.0662. The number of aromatic nitrogens is 1. The van der Waals surface area contributed by atoms with E-state index >= 15 is 0 Å². The van der Waals surface area contributed by atoms with Crippen molar-refractivity contribution in [2.24, 2.45) is 0 Å². The lowest BCUT2D eigenvalue weighted by Gasteiger charge is -2.34. The highest BCUT2D eigenvalue weighted by Crippen LogP contribution is 2.44. The SMILES string of the molecule is CN1CCN(c2cc3c(cc2F)c(=O)c(C(=O)O)cn3C2(C)CC2)CC1. The van der Waals surface area contributed by atoms with Gasteiger partial charge in [0.25, 0.3) is 0 Å². The molecule has 0 spiro atoms. The largest absolute Gasteiger partial charge is 0.477 e. The van der Waals surface area contributed by atoms with Crippen LogP contribution in [-0.2, 0) is 5.54 Å². The number of hydrogen-bond donors (Lipinski definition) is 1. The highest BCUT2D eigenvalue weighted by molar-refractivity contribution is 5.93. The number of pyridine rings is 1. The molecule has 26 heavy (non-hydrogen) atoms. The third-order valence-electron chi connectivity index (χ3n) is 5.70. The van der Waals surface area contributed by atoms with E-state index in [1.54, 1.807) is 6.07 Å². The first-order valence-electron chi connectivity index (χ1n) is 8.86. The van der Waals surface area contributed by atoms with Crippen molar-refractivity contribution in [3.63, 3.8) is 0 Å². The van der Waals surface area contributed by atoms with E-state index < -0.39 is 17.2 Å². The number of benzene rings is 1. The van der Waals surface area contributed by atoms with E-state index in [9.17, 15) is 19.1 Å². The van der Waals surface area contributed by atoms with Crippen LogP contribution in [0.25, 0.3) is 10.9 Å². The van der Waals surface area contributed by atoms with E-state index in [1.807, 2.05) is 23.4 Å². The van der Waals surface area contributed by atoms with E-state index in [4.69, 9.17) is 0 Å². The third-order valence-corrected chi connectivity index (χ3v) is 5.70. The number of aromatic carboxylic acids is 1. The zero-order valence-electron chi connectivity index (χ0n) is 15.0. The molecule has 4 rings (SSSR count). The summed E-state index contributed by atoms with van der Waals surface area (Å²) in [4.78, 5) is 28.2. The first-order chi connectivity index (χ1) is 12.3. The van der Waals surface area contributed by atoms with Crippen LogP contribution in [0, 0.1) is 5.82 Å². The van der Waals surface area contributed by atoms with Crippen LogP contribution in [0.2, 0.25) is 0 Å². The molecule has 0 radical (unpaired) electrons. The molecule has 2 heterocycles. The van der Waals surface area contributed by atoms with E-state index in [0.29, 0.717) is 24.3 Å². The van der Waals surface area contributed by atoms with E-state index in [0.717, 1.165) is 25.9 Å². The van der Waals surface area contributed by atoms with Gasteiger partial charge < -0.3 is 19.5 Å². The van der Waals surface area contributed by atoms with Crippen molar-refractivity contribution in [2.75, 3.05) is 38.1 Å². The van der Waals surface area contributed by atoms with Gasteiger partial charge in [-0.1, -0.05) is 0 Å². The summed E-state index contributed by atoms with van der Waals surface area (Å²) in [6, 6.07) is 2.92. The van der Waals surface area contributed by atoms with Crippen molar-refractivity contribution in [1.82, 2.24) is 9.47 Å². The molecular weight excluding hydrogens is 337 g/mol. The molecule has 6 nitrogen and oxygen atoms in total. The summed E-state index contributed by atoms with van der Waals surface area (Å²) in [5, 5.41) is 9.50. The maximum atomic E-state index is 14.8. The van der Waals surface area contributed by atoms with Gasteiger partial charge in [0.1, 0.15) is 11.4 Å². The normalized spacial score (nSPS) is 19.7. The molecule has 0 bridgehead atoms. The van der Waals surface area contributed by atoms with Gasteiger partial charge in [-0.15, -0.1) is 0 Å². The number of likely N-dealkylation sites (N-methyl/N-ethyl adjacent to an activating group) is 1. The van der Waals surface area contributed by atoms with Crippen LogP contribution in [-0.4, -0.2) is 53.8 Å². The Balaban J connectivity index is 1.93. The van der Waals surface area contributed by atoms with Crippen molar-refractivity contribution < 1.29 is 14.3 Å². The number of piperazine rings is 1. The van der Waals surface area contributed by atoms with Crippen molar-refractivity contribution in [3.05, 3.63) is 39.9 Å². The summed E-state index contributed by atoms with van der Waals surface area (Å²) < 4.78 is 16.7. The molecule has 1 aromatic carbocycles. The predicted molar refractivity (Wildman–Crippen MR) is 97.7 cm³/mol. The van der Waals surface area contributed by atoms with Crippen molar-refractivity contribution in [1.29, 1.82) is 0 Å². The maximum absolute atomic E-state index is 14.8. The summed E-state index contributed by atoms with van der Waals surface area (Å²) >= 11 is 0. The molecule has 0 amide bonds. The molecule has 2 fully saturated rings. The third kappa shape index (κ3) is 2.67. The zero-order valence-corrected chi connectivity index (χ0v) is 15.0. The minimum absolute atomic E-state index is 0.133. The molecule has 1 saturated heterocycles. The fourth-order valence-electron chi connectivity index (χ4n) is 3.64. The Labute approximate surface area is 150 Å². The average molecular weight is 359 g/mol. The second-order valence-electron chi connectivity index (χ2n) is 7.66. The zero-order chi connectivity index (χ0) is 18.6. The lowest BCUT2D eigenvalue weighted by Crippen LogP contribution is -2.44. The van der Waals surface area contributed by atoms with Crippen LogP contribution in [0.5, 0.6) is 0 Å². The second-order valence-corrected chi connectivity index (χ2v) is 7.66. The lowest BCUT2D eigenvalue weighted by molar-refractivity contribution is 0.0694. The van der Waals surface area contributed by atoms with Crippen molar-refractivity contribution in [3.8, 4) is 0 Å². The number of nitrogens with zero attached hydrogens (tertiary/aromatic N) is 3. The van der Waals surface area contributed by atoms with E-state index in [1.165, 1.54) is 12.3 Å². The lowest BCUT2D eigenvalue weighted by atomic mass is 10.1. The standard InChI is InChI=1S/C19H22FN3O3/c1-19(3-4-19)23-11-13(18(25)26)17(24)12-9-14(20)16(10-15(12)23)22-7-5-21(2)6-8-22/h9-11H,3-8H2,1-2H3,(H,25,26). The minimum Gasteiger partial charge on any atom is -0.477 e. The van der Waals surface area contributed by atoms with Crippen LogP contribution in [0.1, 0.15) is 30.1 Å². The Morgan fingerprint density at radius 3 is 2.42 bits per heavy atom. The molecule has 1 saturated carbocycles. The maximum Gasteiger partial charge on any atom is 0.341 e. The average Bonchev–Trinajstić information content (AvgIpc) is 3.34. The number of anilines is 1. The van der Waals surface area contributed by atoms with Gasteiger partial charge in [0.2, 0.25) is 5.43 Å². The Bertz CT molecular complexity index is 957. The van der Waals surface area contributed by atoms with E-state index in [2.05, 4.69) is 4.90 Å². The van der Waals surface area contributed by atoms with Gasteiger partial charge in [0.05, 0.1) is 11.2 Å². The van der Waals surface area contributed by atoms with Gasteiger partial charge >= 0.3 is 5.97 Å². The Hall–Kier alpha value is -2.41. The minimum atomic E-state index is -1.28. The molecule has 0 unspecified atom stereocenters. The molecule has 1 aliphatic carbocycles. The Morgan fingerprint density at radius 1 is 1.19 bits per heavy atom. The Kier molecular flexibility index (Phi) is 3.80. The predicted octanol–water partition coefficient (Wildman–Crippen LogP) is 2.10. The van der Waals surface area contributed by atoms with Crippen LogP contribution in [0.3, 0.4) is 0 Å². The van der Waals surface area contributed by atoms with Crippen LogP contribution >= 0.6 is 0 Å². The van der Waals surface area contributed by atoms with Gasteiger partial charge in [-0.2, -0.15) is 0 Å². The van der Waals surface area contributed by atoms with Gasteiger partial charge in [0.15, 0.2) is 0 Å². The van der Waals surface area contributed by atoms with E-state index in [-0.39, 0.29) is 16.5 Å². The number of fused-ring (bicyclic) bond motifs is 1. The monoisotopic (exact) mass is 359 g/mol. The highest BCUT2D eigenvalue weighted by atomic mass is 19.1. The van der Waals surface area contributed by atoms with Gasteiger partial charge in [-0.25, -0.2) is 9.18 Å². The van der Waals surface area contributed by atoms with Crippen molar-refractivity contribution >= 4 is 22.6 Å². The number of carboxylic acids is 1. The molecule has 0 atom stereocenters. The fraction of sp³-hybridized carbons (Fsp3) is 0.474. The van der Waals surface area contributed by atoms with Crippen LogP contribution in [0.4, 0.5) is 10.1 Å². The number of rotatable bonds is 3. The summed E-state index contributed by atoms with van der Waals surface area (Å²) in [6.45, 7) is 5.16. The topological polar surface area (TPSA) is 65.8 Å². The summed E-state index contributed by atoms with van der Waals surface area (Å²) in [7, 11) is 2.03. The first-order valence-corrected chi connectivity index (χ1v) is 8.86. The summed E-state index contributed by atoms with van der Waals surface area (Å²) in [6.07, 6.45) is 3.24. The summed E-state index contributed by atoms with van der Waals surface area (Å²) in [5.74, 6) is -1.76. The highest BCUT2D eigenvalue weighted by Gasteiger charge is 2.40. The second kappa shape index (κ2) is 5.81. The number of halogens is 1.